The first-order valence-corrected chi connectivity index (χ1v) is 5.49. The van der Waals surface area contributed by atoms with Crippen LogP contribution in [0.15, 0.2) is 0 Å². The Morgan fingerprint density at radius 2 is 2.08 bits per heavy atom. The van der Waals surface area contributed by atoms with Gasteiger partial charge in [0.25, 0.3) is 0 Å². The van der Waals surface area contributed by atoms with Crippen LogP contribution in [0.5, 0.6) is 0 Å². The molecule has 1 spiro atoms. The van der Waals surface area contributed by atoms with E-state index in [1.807, 2.05) is 0 Å². The third-order valence-electron chi connectivity index (χ3n) is 4.81. The topological polar surface area (TPSA) is 20.2 Å². The van der Waals surface area contributed by atoms with Gasteiger partial charge >= 0.3 is 0 Å². The molecule has 3 aliphatic carbocycles. The van der Waals surface area contributed by atoms with Crippen molar-refractivity contribution in [3.05, 3.63) is 0 Å². The Hall–Kier alpha value is -0.0400. The van der Waals surface area contributed by atoms with Crippen molar-refractivity contribution in [2.45, 2.75) is 51.0 Å². The summed E-state index contributed by atoms with van der Waals surface area (Å²) in [4.78, 5) is 0. The van der Waals surface area contributed by atoms with E-state index >= 15 is 0 Å². The lowest BCUT2D eigenvalue weighted by Crippen LogP contribution is -2.35. The Labute approximate surface area is 74.2 Å². The van der Waals surface area contributed by atoms with Gasteiger partial charge in [0.1, 0.15) is 0 Å². The first-order chi connectivity index (χ1) is 5.81. The first-order valence-electron chi connectivity index (χ1n) is 5.49. The van der Waals surface area contributed by atoms with Crippen molar-refractivity contribution in [2.24, 2.45) is 17.3 Å². The molecule has 1 heteroatoms. The van der Waals surface area contributed by atoms with E-state index in [0.717, 1.165) is 18.3 Å². The van der Waals surface area contributed by atoms with E-state index in [2.05, 4.69) is 0 Å². The fourth-order valence-electron chi connectivity index (χ4n) is 4.28. The fraction of sp³-hybridized carbons (Fsp3) is 1.00. The van der Waals surface area contributed by atoms with Crippen LogP contribution in [0, 0.1) is 17.3 Å². The number of aliphatic hydroxyl groups is 1. The van der Waals surface area contributed by atoms with Crippen LogP contribution in [0.1, 0.15) is 44.9 Å². The molecule has 1 nitrogen and oxygen atoms in total. The Kier molecular flexibility index (Phi) is 1.39. The lowest BCUT2D eigenvalue weighted by molar-refractivity contribution is 0.00932. The average molecular weight is 166 g/mol. The van der Waals surface area contributed by atoms with Gasteiger partial charge in [-0.2, -0.15) is 0 Å². The molecular formula is C11H18O. The molecule has 0 aromatic heterocycles. The van der Waals surface area contributed by atoms with Gasteiger partial charge in [-0.3, -0.25) is 0 Å². The van der Waals surface area contributed by atoms with Gasteiger partial charge < -0.3 is 5.11 Å². The van der Waals surface area contributed by atoms with Gasteiger partial charge in [-0.25, -0.2) is 0 Å². The molecule has 4 atom stereocenters. The molecule has 3 rings (SSSR count). The second-order valence-electron chi connectivity index (χ2n) is 5.22. The molecule has 0 aliphatic heterocycles. The third-order valence-corrected chi connectivity index (χ3v) is 4.81. The fourth-order valence-corrected chi connectivity index (χ4v) is 4.28. The first kappa shape index (κ1) is 7.37. The molecule has 12 heavy (non-hydrogen) atoms. The second kappa shape index (κ2) is 2.25. The molecule has 0 aromatic carbocycles. The summed E-state index contributed by atoms with van der Waals surface area (Å²) in [5.74, 6) is 1.89. The van der Waals surface area contributed by atoms with E-state index in [9.17, 15) is 5.11 Å². The zero-order valence-electron chi connectivity index (χ0n) is 7.63. The predicted molar refractivity (Wildman–Crippen MR) is 47.7 cm³/mol. The van der Waals surface area contributed by atoms with Crippen LogP contribution in [-0.2, 0) is 0 Å². The predicted octanol–water partition coefficient (Wildman–Crippen LogP) is 2.34. The third kappa shape index (κ3) is 0.736. The largest absolute Gasteiger partial charge is 0.393 e. The summed E-state index contributed by atoms with van der Waals surface area (Å²) < 4.78 is 0. The van der Waals surface area contributed by atoms with Crippen molar-refractivity contribution >= 4 is 0 Å². The summed E-state index contributed by atoms with van der Waals surface area (Å²) >= 11 is 0. The van der Waals surface area contributed by atoms with Crippen molar-refractivity contribution in [2.75, 3.05) is 0 Å². The SMILES string of the molecule is OC1CCCC12CC1CCC2C1. The average Bonchev–Trinajstić information content (AvgIpc) is 2.69. The molecule has 68 valence electrons. The minimum absolute atomic E-state index is 0.0628. The van der Waals surface area contributed by atoms with E-state index in [0.29, 0.717) is 5.41 Å². The Morgan fingerprint density at radius 1 is 1.17 bits per heavy atom. The van der Waals surface area contributed by atoms with E-state index in [4.69, 9.17) is 0 Å². The molecule has 4 unspecified atom stereocenters. The van der Waals surface area contributed by atoms with Crippen LogP contribution < -0.4 is 0 Å². The summed E-state index contributed by atoms with van der Waals surface area (Å²) in [6, 6.07) is 0. The molecule has 3 saturated carbocycles. The Morgan fingerprint density at radius 3 is 2.58 bits per heavy atom. The molecule has 3 aliphatic rings. The maximum atomic E-state index is 10.0. The molecule has 1 N–H and O–H groups in total. The van der Waals surface area contributed by atoms with E-state index < -0.39 is 0 Å². The summed E-state index contributed by atoms with van der Waals surface area (Å²) in [5, 5.41) is 10.0. The van der Waals surface area contributed by atoms with Crippen molar-refractivity contribution in [3.63, 3.8) is 0 Å². The minimum atomic E-state index is 0.0628. The van der Waals surface area contributed by atoms with Gasteiger partial charge in [-0.1, -0.05) is 12.8 Å². The van der Waals surface area contributed by atoms with Crippen LogP contribution in [0.3, 0.4) is 0 Å². The summed E-state index contributed by atoms with van der Waals surface area (Å²) in [7, 11) is 0. The maximum absolute atomic E-state index is 10.0. The van der Waals surface area contributed by atoms with E-state index in [-0.39, 0.29) is 6.10 Å². The summed E-state index contributed by atoms with van der Waals surface area (Å²) in [5.41, 5.74) is 0.420. The molecule has 0 aromatic rings. The highest BCUT2D eigenvalue weighted by Crippen LogP contribution is 2.62. The van der Waals surface area contributed by atoms with Gasteiger partial charge in [-0.05, 0) is 49.4 Å². The van der Waals surface area contributed by atoms with Crippen molar-refractivity contribution < 1.29 is 5.11 Å². The lowest BCUT2D eigenvalue weighted by Gasteiger charge is -2.36. The smallest absolute Gasteiger partial charge is 0.0599 e. The molecule has 2 bridgehead atoms. The number of hydrogen-bond donors (Lipinski definition) is 1. The van der Waals surface area contributed by atoms with Crippen molar-refractivity contribution in [1.82, 2.24) is 0 Å². The normalized spacial score (nSPS) is 57.2. The standard InChI is InChI=1S/C11H18O/c12-10-2-1-5-11(10)7-8-3-4-9(11)6-8/h8-10,12H,1-7H2. The van der Waals surface area contributed by atoms with Crippen LogP contribution in [0.4, 0.5) is 0 Å². The molecule has 3 fully saturated rings. The van der Waals surface area contributed by atoms with Crippen LogP contribution >= 0.6 is 0 Å². The van der Waals surface area contributed by atoms with Crippen LogP contribution in [-0.4, -0.2) is 11.2 Å². The van der Waals surface area contributed by atoms with Gasteiger partial charge in [-0.15, -0.1) is 0 Å². The highest BCUT2D eigenvalue weighted by Gasteiger charge is 2.55. The summed E-state index contributed by atoms with van der Waals surface area (Å²) in [6.07, 6.45) is 9.44. The van der Waals surface area contributed by atoms with Gasteiger partial charge in [0.2, 0.25) is 0 Å². The van der Waals surface area contributed by atoms with Crippen LogP contribution in [0.25, 0.3) is 0 Å². The summed E-state index contributed by atoms with van der Waals surface area (Å²) in [6.45, 7) is 0. The molecule has 0 saturated heterocycles. The monoisotopic (exact) mass is 166 g/mol. The molecular weight excluding hydrogens is 148 g/mol. The highest BCUT2D eigenvalue weighted by molar-refractivity contribution is 5.06. The van der Waals surface area contributed by atoms with Gasteiger partial charge in [0.05, 0.1) is 6.10 Å². The number of rotatable bonds is 0. The number of hydrogen-bond acceptors (Lipinski definition) is 1. The van der Waals surface area contributed by atoms with Gasteiger partial charge in [0.15, 0.2) is 0 Å². The zero-order chi connectivity index (χ0) is 8.18. The minimum Gasteiger partial charge on any atom is -0.393 e. The molecule has 0 heterocycles. The molecule has 0 amide bonds. The lowest BCUT2D eigenvalue weighted by atomic mass is 9.70. The van der Waals surface area contributed by atoms with Crippen molar-refractivity contribution in [3.8, 4) is 0 Å². The highest BCUT2D eigenvalue weighted by atomic mass is 16.3. The quantitative estimate of drug-likeness (QED) is 0.585. The number of aliphatic hydroxyl groups excluding tert-OH is 1. The van der Waals surface area contributed by atoms with Crippen LogP contribution in [0.2, 0.25) is 0 Å². The molecule has 0 radical (unpaired) electrons. The van der Waals surface area contributed by atoms with Gasteiger partial charge in [0, 0.05) is 0 Å². The van der Waals surface area contributed by atoms with E-state index in [1.165, 1.54) is 38.5 Å². The second-order valence-corrected chi connectivity index (χ2v) is 5.22. The van der Waals surface area contributed by atoms with Crippen molar-refractivity contribution in [1.29, 1.82) is 0 Å². The Bertz CT molecular complexity index is 201. The van der Waals surface area contributed by atoms with E-state index in [1.54, 1.807) is 0 Å². The zero-order valence-corrected chi connectivity index (χ0v) is 7.63. The number of fused-ring (bicyclic) bond motifs is 3. The Balaban J connectivity index is 1.91. The maximum Gasteiger partial charge on any atom is 0.0599 e.